The Bertz CT molecular complexity index is 556. The molecular formula is C17H22BrN3. The van der Waals surface area contributed by atoms with Crippen molar-refractivity contribution < 1.29 is 0 Å². The van der Waals surface area contributed by atoms with E-state index < -0.39 is 0 Å². The van der Waals surface area contributed by atoms with Crippen LogP contribution in [0.4, 0.5) is 0 Å². The molecule has 2 aromatic rings. The Kier molecular flexibility index (Phi) is 5.09. The van der Waals surface area contributed by atoms with Crippen molar-refractivity contribution in [1.29, 1.82) is 0 Å². The second-order valence-corrected chi connectivity index (χ2v) is 6.72. The summed E-state index contributed by atoms with van der Waals surface area (Å²) in [6.07, 6.45) is 8.80. The molecule has 1 heterocycles. The molecule has 1 aromatic heterocycles. The van der Waals surface area contributed by atoms with E-state index in [0.717, 1.165) is 23.3 Å². The second kappa shape index (κ2) is 7.23. The molecule has 21 heavy (non-hydrogen) atoms. The number of aromatic nitrogens is 2. The van der Waals surface area contributed by atoms with Crippen LogP contribution < -0.4 is 5.32 Å². The Balaban J connectivity index is 1.49. The van der Waals surface area contributed by atoms with Gasteiger partial charge in [0.15, 0.2) is 0 Å². The van der Waals surface area contributed by atoms with E-state index in [0.29, 0.717) is 6.04 Å². The van der Waals surface area contributed by atoms with Crippen LogP contribution in [0.15, 0.2) is 41.0 Å². The Labute approximate surface area is 134 Å². The lowest BCUT2D eigenvalue weighted by Crippen LogP contribution is -2.16. The van der Waals surface area contributed by atoms with Gasteiger partial charge in [0, 0.05) is 23.8 Å². The van der Waals surface area contributed by atoms with E-state index in [1.165, 1.54) is 37.7 Å². The van der Waals surface area contributed by atoms with Crippen molar-refractivity contribution in [2.75, 3.05) is 0 Å². The zero-order valence-corrected chi connectivity index (χ0v) is 13.8. The van der Waals surface area contributed by atoms with Gasteiger partial charge in [0.05, 0.1) is 11.7 Å². The monoisotopic (exact) mass is 347 g/mol. The zero-order chi connectivity index (χ0) is 14.5. The SMILES string of the molecule is Brc1ccc(CNCc2ccn(C3CCCCC3)n2)cc1. The number of rotatable bonds is 5. The van der Waals surface area contributed by atoms with Gasteiger partial charge in [0.2, 0.25) is 0 Å². The Morgan fingerprint density at radius 3 is 2.57 bits per heavy atom. The van der Waals surface area contributed by atoms with Crippen LogP contribution in [0.3, 0.4) is 0 Å². The molecular weight excluding hydrogens is 326 g/mol. The van der Waals surface area contributed by atoms with E-state index in [-0.39, 0.29) is 0 Å². The van der Waals surface area contributed by atoms with Gasteiger partial charge in [-0.3, -0.25) is 4.68 Å². The molecule has 0 spiro atoms. The highest BCUT2D eigenvalue weighted by molar-refractivity contribution is 9.10. The number of hydrogen-bond acceptors (Lipinski definition) is 2. The molecule has 1 aliphatic rings. The summed E-state index contributed by atoms with van der Waals surface area (Å²) in [7, 11) is 0. The molecule has 0 aliphatic heterocycles. The molecule has 0 bridgehead atoms. The first-order chi connectivity index (χ1) is 10.3. The van der Waals surface area contributed by atoms with Crippen molar-refractivity contribution in [2.45, 2.75) is 51.2 Å². The topological polar surface area (TPSA) is 29.9 Å². The number of nitrogens with zero attached hydrogens (tertiary/aromatic N) is 2. The van der Waals surface area contributed by atoms with Gasteiger partial charge >= 0.3 is 0 Å². The summed E-state index contributed by atoms with van der Waals surface area (Å²) in [6.45, 7) is 1.71. The van der Waals surface area contributed by atoms with Gasteiger partial charge in [-0.1, -0.05) is 47.3 Å². The fraction of sp³-hybridized carbons (Fsp3) is 0.471. The molecule has 0 atom stereocenters. The minimum absolute atomic E-state index is 0.624. The third-order valence-corrected chi connectivity index (χ3v) is 4.69. The fourth-order valence-corrected chi connectivity index (χ4v) is 3.22. The summed E-state index contributed by atoms with van der Waals surface area (Å²) in [5.74, 6) is 0. The molecule has 112 valence electrons. The summed E-state index contributed by atoms with van der Waals surface area (Å²) in [5, 5.41) is 8.19. The second-order valence-electron chi connectivity index (χ2n) is 5.81. The van der Waals surface area contributed by atoms with Gasteiger partial charge in [-0.25, -0.2) is 0 Å². The normalized spacial score (nSPS) is 16.2. The molecule has 3 nitrogen and oxygen atoms in total. The van der Waals surface area contributed by atoms with Gasteiger partial charge in [0.25, 0.3) is 0 Å². The van der Waals surface area contributed by atoms with Gasteiger partial charge in [-0.05, 0) is 36.6 Å². The van der Waals surface area contributed by atoms with Crippen molar-refractivity contribution in [1.82, 2.24) is 15.1 Å². The summed E-state index contributed by atoms with van der Waals surface area (Å²) in [4.78, 5) is 0. The number of halogens is 1. The molecule has 4 heteroatoms. The van der Waals surface area contributed by atoms with E-state index in [1.807, 2.05) is 0 Å². The number of nitrogens with one attached hydrogen (secondary N) is 1. The Morgan fingerprint density at radius 1 is 1.05 bits per heavy atom. The lowest BCUT2D eigenvalue weighted by Gasteiger charge is -2.21. The van der Waals surface area contributed by atoms with E-state index in [1.54, 1.807) is 0 Å². The first-order valence-corrected chi connectivity index (χ1v) is 8.60. The number of hydrogen-bond donors (Lipinski definition) is 1. The third kappa shape index (κ3) is 4.17. The van der Waals surface area contributed by atoms with Crippen LogP contribution in [-0.4, -0.2) is 9.78 Å². The predicted molar refractivity (Wildman–Crippen MR) is 89.0 cm³/mol. The minimum Gasteiger partial charge on any atom is -0.307 e. The maximum atomic E-state index is 4.73. The van der Waals surface area contributed by atoms with Crippen molar-refractivity contribution >= 4 is 15.9 Å². The predicted octanol–water partition coefficient (Wildman–Crippen LogP) is 4.44. The quantitative estimate of drug-likeness (QED) is 0.866. The van der Waals surface area contributed by atoms with Crippen molar-refractivity contribution in [3.8, 4) is 0 Å². The van der Waals surface area contributed by atoms with Gasteiger partial charge in [-0.15, -0.1) is 0 Å². The molecule has 0 unspecified atom stereocenters. The highest BCUT2D eigenvalue weighted by Crippen LogP contribution is 2.27. The molecule has 1 fully saturated rings. The lowest BCUT2D eigenvalue weighted by atomic mass is 9.96. The summed E-state index contributed by atoms with van der Waals surface area (Å²) in [5.41, 5.74) is 2.43. The van der Waals surface area contributed by atoms with E-state index >= 15 is 0 Å². The molecule has 1 aliphatic carbocycles. The van der Waals surface area contributed by atoms with Crippen LogP contribution in [0.2, 0.25) is 0 Å². The third-order valence-electron chi connectivity index (χ3n) is 4.16. The lowest BCUT2D eigenvalue weighted by molar-refractivity contribution is 0.327. The highest BCUT2D eigenvalue weighted by Gasteiger charge is 2.15. The van der Waals surface area contributed by atoms with Crippen LogP contribution in [0, 0.1) is 0 Å². The van der Waals surface area contributed by atoms with Crippen LogP contribution in [0.25, 0.3) is 0 Å². The molecule has 1 aromatic carbocycles. The van der Waals surface area contributed by atoms with Gasteiger partial charge < -0.3 is 5.32 Å². The maximum absolute atomic E-state index is 4.73. The first-order valence-electron chi connectivity index (χ1n) is 7.80. The molecule has 0 saturated heterocycles. The van der Waals surface area contributed by atoms with Crippen molar-refractivity contribution in [2.24, 2.45) is 0 Å². The molecule has 3 rings (SSSR count). The molecule has 0 radical (unpaired) electrons. The average Bonchev–Trinajstić information content (AvgIpc) is 2.99. The fourth-order valence-electron chi connectivity index (χ4n) is 2.96. The van der Waals surface area contributed by atoms with Crippen LogP contribution in [0.5, 0.6) is 0 Å². The van der Waals surface area contributed by atoms with Crippen molar-refractivity contribution in [3.05, 3.63) is 52.3 Å². The highest BCUT2D eigenvalue weighted by atomic mass is 79.9. The largest absolute Gasteiger partial charge is 0.307 e. The van der Waals surface area contributed by atoms with E-state index in [4.69, 9.17) is 5.10 Å². The molecule has 1 N–H and O–H groups in total. The van der Waals surface area contributed by atoms with Crippen LogP contribution in [0.1, 0.15) is 49.4 Å². The summed E-state index contributed by atoms with van der Waals surface area (Å²) in [6, 6.07) is 11.2. The Hall–Kier alpha value is -1.13. The smallest absolute Gasteiger partial charge is 0.0762 e. The maximum Gasteiger partial charge on any atom is 0.0762 e. The number of benzene rings is 1. The molecule has 0 amide bonds. The summed E-state index contributed by atoms with van der Waals surface area (Å²) < 4.78 is 3.30. The summed E-state index contributed by atoms with van der Waals surface area (Å²) >= 11 is 3.46. The first kappa shape index (κ1) is 14.8. The van der Waals surface area contributed by atoms with Crippen LogP contribution in [-0.2, 0) is 13.1 Å². The van der Waals surface area contributed by atoms with E-state index in [2.05, 4.69) is 62.5 Å². The zero-order valence-electron chi connectivity index (χ0n) is 12.3. The average molecular weight is 348 g/mol. The van der Waals surface area contributed by atoms with Gasteiger partial charge in [-0.2, -0.15) is 5.10 Å². The van der Waals surface area contributed by atoms with Crippen molar-refractivity contribution in [3.63, 3.8) is 0 Å². The Morgan fingerprint density at radius 2 is 1.81 bits per heavy atom. The van der Waals surface area contributed by atoms with E-state index in [9.17, 15) is 0 Å². The minimum atomic E-state index is 0.624. The standard InChI is InChI=1S/C17H22BrN3/c18-15-8-6-14(7-9-15)12-19-13-16-10-11-21(20-16)17-4-2-1-3-5-17/h6-11,17,19H,1-5,12-13H2. The van der Waals surface area contributed by atoms with Crippen LogP contribution >= 0.6 is 15.9 Å². The molecule has 1 saturated carbocycles. The van der Waals surface area contributed by atoms with Gasteiger partial charge in [0.1, 0.15) is 0 Å².